The standard InChI is InChI=1S/C17H21F2NO3/c1-3-4-5-6-7-16(21)20-15(17(22)23-2)11-12-8-9-13(18)14(19)10-12/h6-10,15H,3-5,11H2,1-2H3,(H,20,21)/b7-6+/t15-/m0/s1. The molecule has 126 valence electrons. The molecule has 0 aliphatic carbocycles. The lowest BCUT2D eigenvalue weighted by Crippen LogP contribution is -2.42. The molecule has 0 unspecified atom stereocenters. The van der Waals surface area contributed by atoms with E-state index in [0.717, 1.165) is 31.4 Å². The highest BCUT2D eigenvalue weighted by Crippen LogP contribution is 2.11. The molecule has 1 N–H and O–H groups in total. The molecule has 6 heteroatoms. The van der Waals surface area contributed by atoms with Crippen LogP contribution in [0.15, 0.2) is 30.4 Å². The Labute approximate surface area is 134 Å². The predicted octanol–water partition coefficient (Wildman–Crippen LogP) is 2.91. The van der Waals surface area contributed by atoms with E-state index in [9.17, 15) is 18.4 Å². The molecule has 0 aromatic heterocycles. The van der Waals surface area contributed by atoms with Gasteiger partial charge in [0, 0.05) is 6.42 Å². The van der Waals surface area contributed by atoms with Crippen LogP contribution >= 0.6 is 0 Å². The largest absolute Gasteiger partial charge is 0.467 e. The van der Waals surface area contributed by atoms with Gasteiger partial charge in [-0.3, -0.25) is 4.79 Å². The van der Waals surface area contributed by atoms with Gasteiger partial charge in [-0.05, 0) is 30.2 Å². The van der Waals surface area contributed by atoms with Crippen LogP contribution in [0.25, 0.3) is 0 Å². The van der Waals surface area contributed by atoms with E-state index in [1.54, 1.807) is 6.08 Å². The van der Waals surface area contributed by atoms with Crippen LogP contribution in [0.4, 0.5) is 8.78 Å². The van der Waals surface area contributed by atoms with E-state index in [1.807, 2.05) is 6.92 Å². The molecule has 0 fully saturated rings. The third-order valence-corrected chi connectivity index (χ3v) is 3.22. The minimum atomic E-state index is -1.00. The maximum atomic E-state index is 13.2. The maximum Gasteiger partial charge on any atom is 0.328 e. The van der Waals surface area contributed by atoms with Gasteiger partial charge in [0.1, 0.15) is 6.04 Å². The van der Waals surface area contributed by atoms with Crippen LogP contribution in [0.2, 0.25) is 0 Å². The van der Waals surface area contributed by atoms with E-state index in [1.165, 1.54) is 19.3 Å². The van der Waals surface area contributed by atoms with Crippen LogP contribution in [0.5, 0.6) is 0 Å². The molecule has 23 heavy (non-hydrogen) atoms. The number of rotatable bonds is 8. The Morgan fingerprint density at radius 1 is 1.30 bits per heavy atom. The van der Waals surface area contributed by atoms with Crippen molar-refractivity contribution < 1.29 is 23.1 Å². The minimum Gasteiger partial charge on any atom is -0.467 e. The first kappa shape index (κ1) is 18.8. The van der Waals surface area contributed by atoms with E-state index in [2.05, 4.69) is 10.1 Å². The SMILES string of the molecule is CCCC/C=C/C(=O)N[C@@H](Cc1ccc(F)c(F)c1)C(=O)OC. The number of benzene rings is 1. The highest BCUT2D eigenvalue weighted by atomic mass is 19.2. The lowest BCUT2D eigenvalue weighted by molar-refractivity contribution is -0.144. The quantitative estimate of drug-likeness (QED) is 0.454. The number of carbonyl (C=O) groups is 2. The van der Waals surface area contributed by atoms with Gasteiger partial charge in [-0.2, -0.15) is 0 Å². The first-order valence-corrected chi connectivity index (χ1v) is 7.46. The number of hydrogen-bond donors (Lipinski definition) is 1. The third kappa shape index (κ3) is 6.59. The van der Waals surface area contributed by atoms with E-state index >= 15 is 0 Å². The lowest BCUT2D eigenvalue weighted by Gasteiger charge is -2.15. The van der Waals surface area contributed by atoms with Gasteiger partial charge in [0.15, 0.2) is 11.6 Å². The van der Waals surface area contributed by atoms with Crippen molar-refractivity contribution >= 4 is 11.9 Å². The van der Waals surface area contributed by atoms with Crippen LogP contribution in [-0.2, 0) is 20.7 Å². The summed E-state index contributed by atoms with van der Waals surface area (Å²) in [6, 6.07) is 2.37. The van der Waals surface area contributed by atoms with Crippen molar-refractivity contribution in [3.05, 3.63) is 47.5 Å². The molecule has 1 atom stereocenters. The molecule has 4 nitrogen and oxygen atoms in total. The zero-order valence-corrected chi connectivity index (χ0v) is 13.3. The number of nitrogens with one attached hydrogen (secondary N) is 1. The van der Waals surface area contributed by atoms with Crippen molar-refractivity contribution in [1.82, 2.24) is 5.32 Å². The summed E-state index contributed by atoms with van der Waals surface area (Å²) in [5.74, 6) is -3.05. The molecule has 0 saturated heterocycles. The summed E-state index contributed by atoms with van der Waals surface area (Å²) >= 11 is 0. The van der Waals surface area contributed by atoms with E-state index < -0.39 is 29.6 Å². The summed E-state index contributed by atoms with van der Waals surface area (Å²) in [5.41, 5.74) is 0.384. The van der Waals surface area contributed by atoms with Gasteiger partial charge in [-0.1, -0.05) is 31.9 Å². The van der Waals surface area contributed by atoms with Crippen molar-refractivity contribution in [3.8, 4) is 0 Å². The monoisotopic (exact) mass is 325 g/mol. The maximum absolute atomic E-state index is 13.2. The van der Waals surface area contributed by atoms with Crippen LogP contribution < -0.4 is 5.32 Å². The summed E-state index contributed by atoms with van der Waals surface area (Å²) in [7, 11) is 1.20. The summed E-state index contributed by atoms with van der Waals surface area (Å²) in [5, 5.41) is 2.51. The molecule has 1 aromatic rings. The smallest absolute Gasteiger partial charge is 0.328 e. The number of allylic oxidation sites excluding steroid dienone is 1. The van der Waals surface area contributed by atoms with Crippen molar-refractivity contribution in [3.63, 3.8) is 0 Å². The fourth-order valence-corrected chi connectivity index (χ4v) is 1.97. The van der Waals surface area contributed by atoms with Crippen LogP contribution in [0, 0.1) is 11.6 Å². The molecular formula is C17H21F2NO3. The zero-order chi connectivity index (χ0) is 17.2. The predicted molar refractivity (Wildman–Crippen MR) is 82.7 cm³/mol. The minimum absolute atomic E-state index is 0.0123. The molecule has 0 radical (unpaired) electrons. The van der Waals surface area contributed by atoms with Crippen LogP contribution in [0.3, 0.4) is 0 Å². The Hall–Kier alpha value is -2.24. The van der Waals surface area contributed by atoms with Gasteiger partial charge in [-0.25, -0.2) is 13.6 Å². The molecule has 0 spiro atoms. The molecule has 0 heterocycles. The average molecular weight is 325 g/mol. The molecule has 1 amide bonds. The second kappa shape index (κ2) is 9.71. The van der Waals surface area contributed by atoms with Crippen LogP contribution in [0.1, 0.15) is 31.7 Å². The van der Waals surface area contributed by atoms with E-state index in [0.29, 0.717) is 5.56 Å². The first-order valence-electron chi connectivity index (χ1n) is 7.46. The Morgan fingerprint density at radius 3 is 2.65 bits per heavy atom. The fourth-order valence-electron chi connectivity index (χ4n) is 1.97. The zero-order valence-electron chi connectivity index (χ0n) is 13.3. The normalized spacial score (nSPS) is 12.2. The average Bonchev–Trinajstić information content (AvgIpc) is 2.53. The van der Waals surface area contributed by atoms with E-state index in [4.69, 9.17) is 0 Å². The Balaban J connectivity index is 2.72. The number of amides is 1. The molecule has 0 aliphatic heterocycles. The number of ether oxygens (including phenoxy) is 1. The van der Waals surface area contributed by atoms with E-state index in [-0.39, 0.29) is 6.42 Å². The lowest BCUT2D eigenvalue weighted by atomic mass is 10.1. The second-order valence-corrected chi connectivity index (χ2v) is 5.08. The summed E-state index contributed by atoms with van der Waals surface area (Å²) in [4.78, 5) is 23.6. The molecule has 1 aromatic carbocycles. The number of methoxy groups -OCH3 is 1. The number of esters is 1. The number of halogens is 2. The Kier molecular flexibility index (Phi) is 7.94. The molecule has 0 saturated carbocycles. The molecule has 1 rings (SSSR count). The Morgan fingerprint density at radius 2 is 2.04 bits per heavy atom. The van der Waals surface area contributed by atoms with Gasteiger partial charge >= 0.3 is 5.97 Å². The topological polar surface area (TPSA) is 55.4 Å². The van der Waals surface area contributed by atoms with Gasteiger partial charge < -0.3 is 10.1 Å². The fraction of sp³-hybridized carbons (Fsp3) is 0.412. The third-order valence-electron chi connectivity index (χ3n) is 3.22. The molecule has 0 bridgehead atoms. The van der Waals surface area contributed by atoms with Gasteiger partial charge in [0.25, 0.3) is 0 Å². The summed E-state index contributed by atoms with van der Waals surface area (Å²) < 4.78 is 30.8. The van der Waals surface area contributed by atoms with Gasteiger partial charge in [-0.15, -0.1) is 0 Å². The van der Waals surface area contributed by atoms with Crippen LogP contribution in [-0.4, -0.2) is 25.0 Å². The number of hydrogen-bond acceptors (Lipinski definition) is 3. The highest BCUT2D eigenvalue weighted by Gasteiger charge is 2.21. The van der Waals surface area contributed by atoms with Crippen molar-refractivity contribution in [2.45, 2.75) is 38.6 Å². The highest BCUT2D eigenvalue weighted by molar-refractivity contribution is 5.91. The first-order chi connectivity index (χ1) is 11.0. The Bertz CT molecular complexity index is 573. The summed E-state index contributed by atoms with van der Waals surface area (Å²) in [6.07, 6.45) is 5.86. The molecular weight excluding hydrogens is 304 g/mol. The van der Waals surface area contributed by atoms with Crippen molar-refractivity contribution in [2.24, 2.45) is 0 Å². The van der Waals surface area contributed by atoms with Crippen molar-refractivity contribution in [2.75, 3.05) is 7.11 Å². The van der Waals surface area contributed by atoms with Gasteiger partial charge in [0.05, 0.1) is 7.11 Å². The number of unbranched alkanes of at least 4 members (excludes halogenated alkanes) is 2. The second-order valence-electron chi connectivity index (χ2n) is 5.08. The number of carbonyl (C=O) groups excluding carboxylic acids is 2. The van der Waals surface area contributed by atoms with Crippen molar-refractivity contribution in [1.29, 1.82) is 0 Å². The summed E-state index contributed by atoms with van der Waals surface area (Å²) in [6.45, 7) is 2.04. The molecule has 0 aliphatic rings. The van der Waals surface area contributed by atoms with Gasteiger partial charge in [0.2, 0.25) is 5.91 Å².